The van der Waals surface area contributed by atoms with Gasteiger partial charge in [0, 0.05) is 45.0 Å². The molecule has 19 heavy (non-hydrogen) atoms. The molecule has 0 spiro atoms. The first-order valence-corrected chi connectivity index (χ1v) is 6.55. The molecule has 0 aliphatic carbocycles. The van der Waals surface area contributed by atoms with E-state index in [-0.39, 0.29) is 5.82 Å². The Hall–Kier alpha value is -1.33. The summed E-state index contributed by atoms with van der Waals surface area (Å²) in [6.07, 6.45) is 0. The number of methoxy groups -OCH3 is 1. The van der Waals surface area contributed by atoms with Crippen molar-refractivity contribution in [2.75, 3.05) is 58.5 Å². The summed E-state index contributed by atoms with van der Waals surface area (Å²) in [6, 6.07) is 5.05. The summed E-state index contributed by atoms with van der Waals surface area (Å²) < 4.78 is 23.9. The number of rotatable bonds is 5. The molecule has 1 saturated heterocycles. The second-order valence-electron chi connectivity index (χ2n) is 4.75. The van der Waals surface area contributed by atoms with E-state index in [1.807, 2.05) is 6.07 Å². The zero-order valence-electron chi connectivity index (χ0n) is 11.6. The van der Waals surface area contributed by atoms with Crippen molar-refractivity contribution in [3.05, 3.63) is 24.0 Å². The van der Waals surface area contributed by atoms with Gasteiger partial charge in [-0.2, -0.15) is 0 Å². The Morgan fingerprint density at radius 1 is 1.16 bits per heavy atom. The fourth-order valence-corrected chi connectivity index (χ4v) is 2.10. The van der Waals surface area contributed by atoms with Gasteiger partial charge in [-0.1, -0.05) is 0 Å². The van der Waals surface area contributed by atoms with Crippen LogP contribution in [0.25, 0.3) is 0 Å². The van der Waals surface area contributed by atoms with Gasteiger partial charge in [0.15, 0.2) is 11.6 Å². The molecule has 0 amide bonds. The van der Waals surface area contributed by atoms with Crippen LogP contribution in [0.1, 0.15) is 0 Å². The molecule has 2 rings (SSSR count). The van der Waals surface area contributed by atoms with Crippen molar-refractivity contribution >= 4 is 5.69 Å². The lowest BCUT2D eigenvalue weighted by Crippen LogP contribution is -2.44. The number of hydrogen-bond donors (Lipinski definition) is 0. The Labute approximate surface area is 113 Å². The van der Waals surface area contributed by atoms with Gasteiger partial charge in [0.1, 0.15) is 6.61 Å². The summed E-state index contributed by atoms with van der Waals surface area (Å²) in [5.74, 6) is -0.0255. The van der Waals surface area contributed by atoms with E-state index >= 15 is 0 Å². The first kappa shape index (κ1) is 14.1. The zero-order valence-corrected chi connectivity index (χ0v) is 11.6. The summed E-state index contributed by atoms with van der Waals surface area (Å²) in [6.45, 7) is 4.78. The van der Waals surface area contributed by atoms with E-state index in [2.05, 4.69) is 16.8 Å². The molecule has 1 heterocycles. The third-order valence-corrected chi connectivity index (χ3v) is 3.33. The molecule has 1 aliphatic heterocycles. The first-order chi connectivity index (χ1) is 9.20. The number of anilines is 1. The monoisotopic (exact) mass is 268 g/mol. The topological polar surface area (TPSA) is 24.9 Å². The highest BCUT2D eigenvalue weighted by Crippen LogP contribution is 2.25. The van der Waals surface area contributed by atoms with E-state index in [9.17, 15) is 4.39 Å². The van der Waals surface area contributed by atoms with Crippen LogP contribution in [0.4, 0.5) is 10.1 Å². The first-order valence-electron chi connectivity index (χ1n) is 6.55. The molecule has 0 N–H and O–H groups in total. The third kappa shape index (κ3) is 3.81. The van der Waals surface area contributed by atoms with Gasteiger partial charge < -0.3 is 19.3 Å². The van der Waals surface area contributed by atoms with E-state index in [0.717, 1.165) is 31.9 Å². The molecule has 0 atom stereocenters. The van der Waals surface area contributed by atoms with Gasteiger partial charge in [-0.3, -0.25) is 0 Å². The largest absolute Gasteiger partial charge is 0.488 e. The molecular weight excluding hydrogens is 247 g/mol. The van der Waals surface area contributed by atoms with Crippen LogP contribution < -0.4 is 9.64 Å². The van der Waals surface area contributed by atoms with Crippen molar-refractivity contribution in [2.45, 2.75) is 0 Å². The Kier molecular flexibility index (Phi) is 4.99. The number of benzene rings is 1. The SMILES string of the molecule is COCCOc1cc(N2CCN(C)CC2)ccc1F. The molecule has 0 radical (unpaired) electrons. The minimum Gasteiger partial charge on any atom is -0.488 e. The van der Waals surface area contributed by atoms with Crippen molar-refractivity contribution in [3.63, 3.8) is 0 Å². The maximum Gasteiger partial charge on any atom is 0.165 e. The van der Waals surface area contributed by atoms with Crippen molar-refractivity contribution < 1.29 is 13.9 Å². The van der Waals surface area contributed by atoms with E-state index in [0.29, 0.717) is 19.0 Å². The van der Waals surface area contributed by atoms with E-state index in [4.69, 9.17) is 9.47 Å². The average Bonchev–Trinajstić information content (AvgIpc) is 2.42. The normalized spacial score (nSPS) is 16.7. The van der Waals surface area contributed by atoms with Gasteiger partial charge in [-0.05, 0) is 19.2 Å². The third-order valence-electron chi connectivity index (χ3n) is 3.33. The Morgan fingerprint density at radius 3 is 2.58 bits per heavy atom. The quantitative estimate of drug-likeness (QED) is 0.757. The summed E-state index contributed by atoms with van der Waals surface area (Å²) in [7, 11) is 3.71. The number of halogens is 1. The fraction of sp³-hybridized carbons (Fsp3) is 0.571. The second-order valence-corrected chi connectivity index (χ2v) is 4.75. The Bertz CT molecular complexity index is 406. The van der Waals surface area contributed by atoms with Crippen LogP contribution in [-0.2, 0) is 4.74 Å². The minimum absolute atomic E-state index is 0.300. The Balaban J connectivity index is 2.03. The number of piperazine rings is 1. The molecule has 106 valence electrons. The van der Waals surface area contributed by atoms with Gasteiger partial charge in [-0.15, -0.1) is 0 Å². The van der Waals surface area contributed by atoms with E-state index in [1.54, 1.807) is 13.2 Å². The molecule has 4 nitrogen and oxygen atoms in total. The van der Waals surface area contributed by atoms with Crippen LogP contribution in [0.2, 0.25) is 0 Å². The standard InChI is InChI=1S/C14H21FN2O2/c1-16-5-7-17(8-6-16)12-3-4-13(15)14(11-12)19-10-9-18-2/h3-4,11H,5-10H2,1-2H3. The van der Waals surface area contributed by atoms with Crippen LogP contribution in [0.3, 0.4) is 0 Å². The lowest BCUT2D eigenvalue weighted by molar-refractivity contribution is 0.144. The minimum atomic E-state index is -0.325. The maximum absolute atomic E-state index is 13.6. The molecular formula is C14H21FN2O2. The highest BCUT2D eigenvalue weighted by atomic mass is 19.1. The van der Waals surface area contributed by atoms with Gasteiger partial charge >= 0.3 is 0 Å². The summed E-state index contributed by atoms with van der Waals surface area (Å²) in [4.78, 5) is 4.54. The van der Waals surface area contributed by atoms with E-state index in [1.165, 1.54) is 6.07 Å². The summed E-state index contributed by atoms with van der Waals surface area (Å²) in [5, 5.41) is 0. The molecule has 1 aliphatic rings. The number of ether oxygens (including phenoxy) is 2. The van der Waals surface area contributed by atoms with Crippen molar-refractivity contribution in [3.8, 4) is 5.75 Å². The molecule has 5 heteroatoms. The number of likely N-dealkylation sites (N-methyl/N-ethyl adjacent to an activating group) is 1. The molecule has 1 aromatic carbocycles. The highest BCUT2D eigenvalue weighted by molar-refractivity contribution is 5.51. The zero-order chi connectivity index (χ0) is 13.7. The molecule has 0 saturated carbocycles. The van der Waals surface area contributed by atoms with Crippen LogP contribution in [0, 0.1) is 5.82 Å². The lowest BCUT2D eigenvalue weighted by Gasteiger charge is -2.34. The van der Waals surface area contributed by atoms with E-state index < -0.39 is 0 Å². The van der Waals surface area contributed by atoms with Gasteiger partial charge in [0.05, 0.1) is 6.61 Å². The predicted octanol–water partition coefficient (Wildman–Crippen LogP) is 1.60. The average molecular weight is 268 g/mol. The van der Waals surface area contributed by atoms with Crippen LogP contribution in [0.15, 0.2) is 18.2 Å². The number of hydrogen-bond acceptors (Lipinski definition) is 4. The lowest BCUT2D eigenvalue weighted by atomic mass is 10.2. The van der Waals surface area contributed by atoms with Crippen LogP contribution >= 0.6 is 0 Å². The second kappa shape index (κ2) is 6.73. The maximum atomic E-state index is 13.6. The predicted molar refractivity (Wildman–Crippen MR) is 73.5 cm³/mol. The smallest absolute Gasteiger partial charge is 0.165 e. The Morgan fingerprint density at radius 2 is 1.89 bits per heavy atom. The molecule has 1 fully saturated rings. The molecule has 1 aromatic rings. The molecule has 0 bridgehead atoms. The van der Waals surface area contributed by atoms with Crippen molar-refractivity contribution in [2.24, 2.45) is 0 Å². The highest BCUT2D eigenvalue weighted by Gasteiger charge is 2.15. The number of nitrogens with zero attached hydrogens (tertiary/aromatic N) is 2. The summed E-state index contributed by atoms with van der Waals surface area (Å²) in [5.41, 5.74) is 1.02. The fourth-order valence-electron chi connectivity index (χ4n) is 2.10. The van der Waals surface area contributed by atoms with Gasteiger partial charge in [0.25, 0.3) is 0 Å². The van der Waals surface area contributed by atoms with Crippen molar-refractivity contribution in [1.29, 1.82) is 0 Å². The van der Waals surface area contributed by atoms with Crippen LogP contribution in [0.5, 0.6) is 5.75 Å². The van der Waals surface area contributed by atoms with Gasteiger partial charge in [0.2, 0.25) is 0 Å². The summed E-state index contributed by atoms with van der Waals surface area (Å²) >= 11 is 0. The van der Waals surface area contributed by atoms with Gasteiger partial charge in [-0.25, -0.2) is 4.39 Å². The van der Waals surface area contributed by atoms with Crippen LogP contribution in [-0.4, -0.2) is 58.5 Å². The molecule has 0 aromatic heterocycles. The van der Waals surface area contributed by atoms with Crippen molar-refractivity contribution in [1.82, 2.24) is 4.90 Å². The molecule has 0 unspecified atom stereocenters.